The van der Waals surface area contributed by atoms with Gasteiger partial charge in [0.1, 0.15) is 0 Å². The standard InChI is InChI=1S/C12H21N3O2/c13-8-10-3-6-14(7-4-10)12(17)9-15-5-1-2-11(15)16/h10H,1-9,13H2. The molecule has 0 atom stereocenters. The first-order valence-corrected chi connectivity index (χ1v) is 6.46. The van der Waals surface area contributed by atoms with Gasteiger partial charge in [-0.1, -0.05) is 0 Å². The van der Waals surface area contributed by atoms with E-state index in [2.05, 4.69) is 0 Å². The number of hydrogen-bond donors (Lipinski definition) is 1. The summed E-state index contributed by atoms with van der Waals surface area (Å²) in [7, 11) is 0. The van der Waals surface area contributed by atoms with E-state index in [4.69, 9.17) is 5.73 Å². The molecule has 0 saturated carbocycles. The zero-order chi connectivity index (χ0) is 12.3. The number of carbonyl (C=O) groups excluding carboxylic acids is 2. The third-order valence-corrected chi connectivity index (χ3v) is 3.80. The quantitative estimate of drug-likeness (QED) is 0.742. The molecule has 0 radical (unpaired) electrons. The number of nitrogens with zero attached hydrogens (tertiary/aromatic N) is 2. The summed E-state index contributed by atoms with van der Waals surface area (Å²) in [5.74, 6) is 0.776. The van der Waals surface area contributed by atoms with Crippen molar-refractivity contribution in [3.63, 3.8) is 0 Å². The monoisotopic (exact) mass is 239 g/mol. The van der Waals surface area contributed by atoms with Gasteiger partial charge in [0, 0.05) is 26.1 Å². The average molecular weight is 239 g/mol. The minimum absolute atomic E-state index is 0.0933. The molecule has 17 heavy (non-hydrogen) atoms. The van der Waals surface area contributed by atoms with Crippen LogP contribution in [0.1, 0.15) is 25.7 Å². The van der Waals surface area contributed by atoms with Crippen LogP contribution in [0.3, 0.4) is 0 Å². The van der Waals surface area contributed by atoms with E-state index in [0.29, 0.717) is 18.9 Å². The molecule has 0 spiro atoms. The van der Waals surface area contributed by atoms with E-state index in [0.717, 1.165) is 38.9 Å². The zero-order valence-corrected chi connectivity index (χ0v) is 10.2. The highest BCUT2D eigenvalue weighted by molar-refractivity contribution is 5.85. The predicted octanol–water partition coefficient (Wildman–Crippen LogP) is -0.194. The molecule has 0 aliphatic carbocycles. The van der Waals surface area contributed by atoms with Crippen LogP contribution in [0, 0.1) is 5.92 Å². The lowest BCUT2D eigenvalue weighted by molar-refractivity contribution is -0.139. The molecule has 0 aromatic rings. The molecule has 0 unspecified atom stereocenters. The van der Waals surface area contributed by atoms with Crippen molar-refractivity contribution in [2.24, 2.45) is 11.7 Å². The molecule has 0 aromatic carbocycles. The Morgan fingerprint density at radius 3 is 2.53 bits per heavy atom. The summed E-state index contributed by atoms with van der Waals surface area (Å²) in [5, 5.41) is 0. The van der Waals surface area contributed by atoms with Crippen LogP contribution in [0.15, 0.2) is 0 Å². The summed E-state index contributed by atoms with van der Waals surface area (Å²) in [6.07, 6.45) is 3.48. The summed E-state index contributed by atoms with van der Waals surface area (Å²) in [5.41, 5.74) is 5.62. The van der Waals surface area contributed by atoms with Crippen molar-refractivity contribution >= 4 is 11.8 Å². The van der Waals surface area contributed by atoms with Gasteiger partial charge in [0.15, 0.2) is 0 Å². The van der Waals surface area contributed by atoms with Gasteiger partial charge >= 0.3 is 0 Å². The summed E-state index contributed by atoms with van der Waals surface area (Å²) < 4.78 is 0. The van der Waals surface area contributed by atoms with Gasteiger partial charge < -0.3 is 15.5 Å². The maximum atomic E-state index is 12.0. The lowest BCUT2D eigenvalue weighted by atomic mass is 9.97. The molecule has 5 heteroatoms. The summed E-state index contributed by atoms with van der Waals surface area (Å²) >= 11 is 0. The first-order valence-electron chi connectivity index (χ1n) is 6.46. The van der Waals surface area contributed by atoms with E-state index in [9.17, 15) is 9.59 Å². The number of likely N-dealkylation sites (tertiary alicyclic amines) is 2. The van der Waals surface area contributed by atoms with Gasteiger partial charge in [-0.3, -0.25) is 9.59 Å². The Bertz CT molecular complexity index is 298. The zero-order valence-electron chi connectivity index (χ0n) is 10.2. The minimum Gasteiger partial charge on any atom is -0.341 e. The molecule has 2 amide bonds. The van der Waals surface area contributed by atoms with Crippen molar-refractivity contribution in [1.82, 2.24) is 9.80 Å². The minimum atomic E-state index is 0.0933. The van der Waals surface area contributed by atoms with Crippen LogP contribution < -0.4 is 5.73 Å². The van der Waals surface area contributed by atoms with Crippen molar-refractivity contribution in [3.8, 4) is 0 Å². The van der Waals surface area contributed by atoms with Crippen molar-refractivity contribution in [3.05, 3.63) is 0 Å². The van der Waals surface area contributed by atoms with Crippen LogP contribution in [-0.4, -0.2) is 54.3 Å². The van der Waals surface area contributed by atoms with E-state index in [-0.39, 0.29) is 18.4 Å². The second kappa shape index (κ2) is 5.49. The molecule has 2 heterocycles. The average Bonchev–Trinajstić information content (AvgIpc) is 2.75. The number of rotatable bonds is 3. The molecule has 2 rings (SSSR count). The Morgan fingerprint density at radius 2 is 2.00 bits per heavy atom. The second-order valence-corrected chi connectivity index (χ2v) is 4.98. The fourth-order valence-corrected chi connectivity index (χ4v) is 2.55. The van der Waals surface area contributed by atoms with Crippen LogP contribution in [-0.2, 0) is 9.59 Å². The van der Waals surface area contributed by atoms with Gasteiger partial charge in [-0.15, -0.1) is 0 Å². The Kier molecular flexibility index (Phi) is 3.99. The van der Waals surface area contributed by atoms with Gasteiger partial charge in [0.05, 0.1) is 6.54 Å². The van der Waals surface area contributed by atoms with Gasteiger partial charge in [0.25, 0.3) is 0 Å². The highest BCUT2D eigenvalue weighted by atomic mass is 16.2. The van der Waals surface area contributed by atoms with Gasteiger partial charge in [-0.25, -0.2) is 0 Å². The predicted molar refractivity (Wildman–Crippen MR) is 64.2 cm³/mol. The van der Waals surface area contributed by atoms with Crippen LogP contribution in [0.2, 0.25) is 0 Å². The fourth-order valence-electron chi connectivity index (χ4n) is 2.55. The van der Waals surface area contributed by atoms with E-state index < -0.39 is 0 Å². The Hall–Kier alpha value is -1.10. The van der Waals surface area contributed by atoms with Crippen LogP contribution in [0.25, 0.3) is 0 Å². The Labute approximate surface area is 102 Å². The number of nitrogens with two attached hydrogens (primary N) is 1. The maximum absolute atomic E-state index is 12.0. The van der Waals surface area contributed by atoms with E-state index >= 15 is 0 Å². The molecule has 2 saturated heterocycles. The molecule has 2 N–H and O–H groups in total. The topological polar surface area (TPSA) is 66.6 Å². The largest absolute Gasteiger partial charge is 0.341 e. The third kappa shape index (κ3) is 2.97. The van der Waals surface area contributed by atoms with Crippen LogP contribution in [0.4, 0.5) is 0 Å². The normalized spacial score (nSPS) is 22.3. The lowest BCUT2D eigenvalue weighted by Crippen LogP contribution is -2.45. The third-order valence-electron chi connectivity index (χ3n) is 3.80. The van der Waals surface area contributed by atoms with E-state index in [1.807, 2.05) is 4.90 Å². The highest BCUT2D eigenvalue weighted by Gasteiger charge is 2.27. The molecule has 0 aromatic heterocycles. The number of carbonyl (C=O) groups is 2. The van der Waals surface area contributed by atoms with Gasteiger partial charge in [-0.2, -0.15) is 0 Å². The van der Waals surface area contributed by atoms with Crippen molar-refractivity contribution in [2.45, 2.75) is 25.7 Å². The molecule has 2 aliphatic rings. The molecule has 0 bridgehead atoms. The molecular weight excluding hydrogens is 218 g/mol. The van der Waals surface area contributed by atoms with Crippen LogP contribution >= 0.6 is 0 Å². The first-order chi connectivity index (χ1) is 8.20. The Balaban J connectivity index is 1.78. The second-order valence-electron chi connectivity index (χ2n) is 4.98. The van der Waals surface area contributed by atoms with Crippen molar-refractivity contribution in [1.29, 1.82) is 0 Å². The molecular formula is C12H21N3O2. The SMILES string of the molecule is NCC1CCN(C(=O)CN2CCCC2=O)CC1. The highest BCUT2D eigenvalue weighted by Crippen LogP contribution is 2.17. The van der Waals surface area contributed by atoms with E-state index in [1.54, 1.807) is 4.90 Å². The lowest BCUT2D eigenvalue weighted by Gasteiger charge is -2.32. The smallest absolute Gasteiger partial charge is 0.242 e. The Morgan fingerprint density at radius 1 is 1.29 bits per heavy atom. The molecule has 2 aliphatic heterocycles. The van der Waals surface area contributed by atoms with Gasteiger partial charge in [-0.05, 0) is 31.7 Å². The first kappa shape index (κ1) is 12.4. The number of amides is 2. The number of piperidine rings is 1. The van der Waals surface area contributed by atoms with E-state index in [1.165, 1.54) is 0 Å². The fraction of sp³-hybridized carbons (Fsp3) is 0.833. The van der Waals surface area contributed by atoms with Gasteiger partial charge in [0.2, 0.25) is 11.8 Å². The van der Waals surface area contributed by atoms with Crippen molar-refractivity contribution < 1.29 is 9.59 Å². The summed E-state index contributed by atoms with van der Waals surface area (Å²) in [4.78, 5) is 27.0. The van der Waals surface area contributed by atoms with Crippen LogP contribution in [0.5, 0.6) is 0 Å². The van der Waals surface area contributed by atoms with Crippen molar-refractivity contribution in [2.75, 3.05) is 32.7 Å². The molecule has 96 valence electrons. The number of hydrogen-bond acceptors (Lipinski definition) is 3. The molecule has 2 fully saturated rings. The molecule has 5 nitrogen and oxygen atoms in total. The summed E-state index contributed by atoms with van der Waals surface area (Å²) in [6, 6.07) is 0. The summed E-state index contributed by atoms with van der Waals surface area (Å²) in [6.45, 7) is 3.31. The maximum Gasteiger partial charge on any atom is 0.242 e.